The van der Waals surface area contributed by atoms with Gasteiger partial charge in [0.25, 0.3) is 5.91 Å². The predicted octanol–water partition coefficient (Wildman–Crippen LogP) is 5.52. The number of ether oxygens (including phenoxy) is 1. The van der Waals surface area contributed by atoms with Gasteiger partial charge in [0.05, 0.1) is 0 Å². The van der Waals surface area contributed by atoms with Crippen molar-refractivity contribution >= 4 is 28.8 Å². The van der Waals surface area contributed by atoms with E-state index in [2.05, 4.69) is 4.98 Å². The third-order valence-corrected chi connectivity index (χ3v) is 5.34. The number of hydrogen-bond donors (Lipinski definition) is 0. The summed E-state index contributed by atoms with van der Waals surface area (Å²) in [7, 11) is 0. The topological polar surface area (TPSA) is 42.4 Å². The fourth-order valence-electron chi connectivity index (χ4n) is 2.62. The number of carbonyl (C=O) groups is 1. The Labute approximate surface area is 168 Å². The summed E-state index contributed by atoms with van der Waals surface area (Å²) in [6.07, 6.45) is 0. The van der Waals surface area contributed by atoms with Crippen LogP contribution in [-0.2, 0) is 6.61 Å². The molecule has 0 N–H and O–H groups in total. The van der Waals surface area contributed by atoms with E-state index in [9.17, 15) is 4.79 Å². The van der Waals surface area contributed by atoms with Gasteiger partial charge in [-0.15, -0.1) is 11.3 Å². The van der Waals surface area contributed by atoms with Gasteiger partial charge in [0.2, 0.25) is 0 Å². The van der Waals surface area contributed by atoms with Crippen molar-refractivity contribution in [2.45, 2.75) is 20.5 Å². The summed E-state index contributed by atoms with van der Waals surface area (Å²) < 4.78 is 5.81. The molecule has 1 aromatic heterocycles. The molecule has 3 rings (SSSR count). The summed E-state index contributed by atoms with van der Waals surface area (Å²) in [5.41, 5.74) is 2.53. The number of rotatable bonds is 7. The van der Waals surface area contributed by atoms with Crippen molar-refractivity contribution < 1.29 is 9.53 Å². The lowest BCUT2D eigenvalue weighted by Crippen LogP contribution is -2.30. The third kappa shape index (κ3) is 4.87. The molecule has 6 heteroatoms. The molecule has 4 nitrogen and oxygen atoms in total. The van der Waals surface area contributed by atoms with Crippen LogP contribution in [-0.4, -0.2) is 28.9 Å². The van der Waals surface area contributed by atoms with Gasteiger partial charge >= 0.3 is 0 Å². The van der Waals surface area contributed by atoms with Crippen molar-refractivity contribution in [3.05, 3.63) is 70.2 Å². The first-order valence-electron chi connectivity index (χ1n) is 8.83. The molecule has 0 fully saturated rings. The van der Waals surface area contributed by atoms with Crippen LogP contribution in [0.2, 0.25) is 5.02 Å². The Morgan fingerprint density at radius 3 is 2.37 bits per heavy atom. The number of aromatic nitrogens is 1. The van der Waals surface area contributed by atoms with Crippen LogP contribution in [0.4, 0.5) is 0 Å². The van der Waals surface area contributed by atoms with Crippen LogP contribution in [0.5, 0.6) is 5.75 Å². The molecule has 0 saturated carbocycles. The van der Waals surface area contributed by atoms with E-state index in [1.54, 1.807) is 4.90 Å². The molecule has 1 amide bonds. The number of nitrogens with zero attached hydrogens (tertiary/aromatic N) is 2. The quantitative estimate of drug-likeness (QED) is 0.524. The van der Waals surface area contributed by atoms with Gasteiger partial charge in [-0.05, 0) is 55.8 Å². The van der Waals surface area contributed by atoms with Crippen LogP contribution >= 0.6 is 22.9 Å². The Kier molecular flexibility index (Phi) is 6.48. The summed E-state index contributed by atoms with van der Waals surface area (Å²) in [5.74, 6) is 0.759. The van der Waals surface area contributed by atoms with E-state index in [0.717, 1.165) is 21.9 Å². The van der Waals surface area contributed by atoms with Crippen LogP contribution < -0.4 is 4.74 Å². The largest absolute Gasteiger partial charge is 0.489 e. The smallest absolute Gasteiger partial charge is 0.273 e. The number of thiazole rings is 1. The van der Waals surface area contributed by atoms with Crippen molar-refractivity contribution in [3.8, 4) is 16.3 Å². The summed E-state index contributed by atoms with van der Waals surface area (Å²) in [4.78, 5) is 18.7. The maximum Gasteiger partial charge on any atom is 0.273 e. The second-order valence-corrected chi connectivity index (χ2v) is 7.25. The van der Waals surface area contributed by atoms with Gasteiger partial charge < -0.3 is 9.64 Å². The molecule has 0 aliphatic rings. The number of halogens is 1. The van der Waals surface area contributed by atoms with Crippen molar-refractivity contribution in [3.63, 3.8) is 0 Å². The fraction of sp³-hybridized carbons (Fsp3) is 0.238. The molecule has 0 aliphatic heterocycles. The highest BCUT2D eigenvalue weighted by Crippen LogP contribution is 2.26. The Hall–Kier alpha value is -2.37. The molecule has 0 saturated heterocycles. The van der Waals surface area contributed by atoms with Crippen molar-refractivity contribution in [1.29, 1.82) is 0 Å². The zero-order valence-corrected chi connectivity index (χ0v) is 16.9. The third-order valence-electron chi connectivity index (χ3n) is 4.19. The molecule has 1 heterocycles. The maximum absolute atomic E-state index is 12.4. The molecule has 2 aromatic carbocycles. The van der Waals surface area contributed by atoms with Gasteiger partial charge in [-0.25, -0.2) is 4.98 Å². The molecule has 0 bridgehead atoms. The maximum atomic E-state index is 12.4. The molecule has 0 radical (unpaired) electrons. The summed E-state index contributed by atoms with van der Waals surface area (Å²) in [5, 5.41) is 3.36. The number of hydrogen-bond acceptors (Lipinski definition) is 4. The first-order valence-corrected chi connectivity index (χ1v) is 10.1. The molecule has 0 atom stereocenters. The zero-order chi connectivity index (χ0) is 19.2. The van der Waals surface area contributed by atoms with Crippen LogP contribution in [0.3, 0.4) is 0 Å². The van der Waals surface area contributed by atoms with Gasteiger partial charge in [-0.2, -0.15) is 0 Å². The van der Waals surface area contributed by atoms with E-state index in [1.807, 2.05) is 67.8 Å². The predicted molar refractivity (Wildman–Crippen MR) is 111 cm³/mol. The lowest BCUT2D eigenvalue weighted by Gasteiger charge is -2.16. The SMILES string of the molecule is CCN(CC)C(=O)c1csc(-c2ccc(OCc3ccc(Cl)cc3)cc2)n1. The van der Waals surface area contributed by atoms with Gasteiger partial charge in [0, 0.05) is 29.1 Å². The van der Waals surface area contributed by atoms with Gasteiger partial charge in [0.1, 0.15) is 23.1 Å². The minimum Gasteiger partial charge on any atom is -0.489 e. The summed E-state index contributed by atoms with van der Waals surface area (Å²) >= 11 is 7.36. The van der Waals surface area contributed by atoms with E-state index in [-0.39, 0.29) is 5.91 Å². The highest BCUT2D eigenvalue weighted by molar-refractivity contribution is 7.13. The second-order valence-electron chi connectivity index (χ2n) is 5.95. The second kappa shape index (κ2) is 9.02. The van der Waals surface area contributed by atoms with Gasteiger partial charge in [0.15, 0.2) is 0 Å². The first-order chi connectivity index (χ1) is 13.1. The monoisotopic (exact) mass is 400 g/mol. The average molecular weight is 401 g/mol. The standard InChI is InChI=1S/C21H21ClN2O2S/c1-3-24(4-2)21(25)19-14-27-20(23-19)16-7-11-18(12-8-16)26-13-15-5-9-17(22)10-6-15/h5-12,14H,3-4,13H2,1-2H3. The Morgan fingerprint density at radius 2 is 1.74 bits per heavy atom. The lowest BCUT2D eigenvalue weighted by atomic mass is 10.2. The van der Waals surface area contributed by atoms with Crippen molar-refractivity contribution in [1.82, 2.24) is 9.88 Å². The number of carbonyl (C=O) groups excluding carboxylic acids is 1. The van der Waals surface area contributed by atoms with Crippen LogP contribution in [0, 0.1) is 0 Å². The van der Waals surface area contributed by atoms with Crippen LogP contribution in [0.25, 0.3) is 10.6 Å². The molecule has 0 spiro atoms. The molecule has 3 aromatic rings. The first kappa shape index (κ1) is 19.4. The molecule has 0 aliphatic carbocycles. The molecule has 27 heavy (non-hydrogen) atoms. The van der Waals surface area contributed by atoms with E-state index < -0.39 is 0 Å². The lowest BCUT2D eigenvalue weighted by molar-refractivity contribution is 0.0768. The molecular formula is C21H21ClN2O2S. The average Bonchev–Trinajstić information content (AvgIpc) is 3.19. The van der Waals surface area contributed by atoms with Crippen molar-refractivity contribution in [2.75, 3.05) is 13.1 Å². The molecule has 0 unspecified atom stereocenters. The van der Waals surface area contributed by atoms with Crippen LogP contribution in [0.1, 0.15) is 29.9 Å². The molecule has 140 valence electrons. The van der Waals surface area contributed by atoms with E-state index >= 15 is 0 Å². The summed E-state index contributed by atoms with van der Waals surface area (Å²) in [6, 6.07) is 15.3. The highest BCUT2D eigenvalue weighted by Gasteiger charge is 2.16. The zero-order valence-electron chi connectivity index (χ0n) is 15.3. The van der Waals surface area contributed by atoms with Gasteiger partial charge in [-0.3, -0.25) is 4.79 Å². The van der Waals surface area contributed by atoms with Crippen molar-refractivity contribution in [2.24, 2.45) is 0 Å². The fourth-order valence-corrected chi connectivity index (χ4v) is 3.54. The Morgan fingerprint density at radius 1 is 1.07 bits per heavy atom. The Balaban J connectivity index is 1.65. The van der Waals surface area contributed by atoms with E-state index in [1.165, 1.54) is 11.3 Å². The number of benzene rings is 2. The van der Waals surface area contributed by atoms with E-state index in [0.29, 0.717) is 30.4 Å². The van der Waals surface area contributed by atoms with Crippen LogP contribution in [0.15, 0.2) is 53.9 Å². The minimum atomic E-state index is -0.0228. The van der Waals surface area contributed by atoms with E-state index in [4.69, 9.17) is 16.3 Å². The number of amides is 1. The normalized spacial score (nSPS) is 10.6. The minimum absolute atomic E-state index is 0.0228. The summed E-state index contributed by atoms with van der Waals surface area (Å²) in [6.45, 7) is 5.79. The molecular weight excluding hydrogens is 380 g/mol. The highest BCUT2D eigenvalue weighted by atomic mass is 35.5. The van der Waals surface area contributed by atoms with Gasteiger partial charge in [-0.1, -0.05) is 23.7 Å². The Bertz CT molecular complexity index is 887.